The highest BCUT2D eigenvalue weighted by molar-refractivity contribution is 7.09. The molecule has 1 amide bonds. The number of aromatic nitrogens is 1. The van der Waals surface area contributed by atoms with E-state index in [1.165, 1.54) is 5.01 Å². The minimum Gasteiger partial charge on any atom is -0.342 e. The molecule has 5 heteroatoms. The highest BCUT2D eigenvalue weighted by atomic mass is 32.1. The van der Waals surface area contributed by atoms with Crippen molar-refractivity contribution in [3.05, 3.63) is 16.1 Å². The standard InChI is InChI=1S/C19H31N3OS/c1-5-13-11-22(17(23)14-6-7-14)9-8-16(13)20-10-15-12-24-18(21-15)19(2,3)4/h12-14,16,20H,5-11H2,1-4H3/t13-,16-/m0/s1. The summed E-state index contributed by atoms with van der Waals surface area (Å²) in [5.41, 5.74) is 1.28. The van der Waals surface area contributed by atoms with Crippen LogP contribution in [-0.2, 0) is 16.8 Å². The van der Waals surface area contributed by atoms with Gasteiger partial charge in [-0.3, -0.25) is 4.79 Å². The number of nitrogens with zero attached hydrogens (tertiary/aromatic N) is 2. The monoisotopic (exact) mass is 349 g/mol. The number of amides is 1. The first kappa shape index (κ1) is 17.9. The SMILES string of the molecule is CC[C@H]1CN(C(=O)C2CC2)CC[C@@H]1NCc1csc(C(C)(C)C)n1. The lowest BCUT2D eigenvalue weighted by atomic mass is 9.89. The normalized spacial score (nSPS) is 25.1. The van der Waals surface area contributed by atoms with Crippen LogP contribution >= 0.6 is 11.3 Å². The fourth-order valence-corrected chi connectivity index (χ4v) is 4.38. The number of likely N-dealkylation sites (tertiary alicyclic amines) is 1. The molecule has 0 unspecified atom stereocenters. The van der Waals surface area contributed by atoms with Crippen LogP contribution in [0.25, 0.3) is 0 Å². The number of thiazole rings is 1. The van der Waals surface area contributed by atoms with Crippen molar-refractivity contribution in [2.24, 2.45) is 11.8 Å². The van der Waals surface area contributed by atoms with Crippen LogP contribution in [0.1, 0.15) is 64.1 Å². The quantitative estimate of drug-likeness (QED) is 0.884. The molecule has 0 aromatic carbocycles. The molecule has 1 aliphatic carbocycles. The van der Waals surface area contributed by atoms with Crippen LogP contribution in [0.5, 0.6) is 0 Å². The number of carbonyl (C=O) groups excluding carboxylic acids is 1. The molecule has 0 spiro atoms. The van der Waals surface area contributed by atoms with Gasteiger partial charge in [-0.25, -0.2) is 4.98 Å². The van der Waals surface area contributed by atoms with Gasteiger partial charge in [-0.05, 0) is 25.2 Å². The average molecular weight is 350 g/mol. The maximum Gasteiger partial charge on any atom is 0.225 e. The molecule has 0 radical (unpaired) electrons. The third kappa shape index (κ3) is 4.17. The molecular weight excluding hydrogens is 318 g/mol. The second kappa shape index (κ2) is 7.12. The van der Waals surface area contributed by atoms with Gasteiger partial charge in [0.2, 0.25) is 5.91 Å². The molecule has 3 rings (SSSR count). The van der Waals surface area contributed by atoms with Crippen LogP contribution in [-0.4, -0.2) is 34.9 Å². The van der Waals surface area contributed by atoms with Crippen LogP contribution < -0.4 is 5.32 Å². The van der Waals surface area contributed by atoms with E-state index in [4.69, 9.17) is 4.98 Å². The number of rotatable bonds is 5. The number of carbonyl (C=O) groups is 1. The van der Waals surface area contributed by atoms with Gasteiger partial charge in [0.05, 0.1) is 10.7 Å². The van der Waals surface area contributed by atoms with E-state index in [1.54, 1.807) is 11.3 Å². The third-order valence-electron chi connectivity index (χ3n) is 5.24. The molecule has 0 bridgehead atoms. The van der Waals surface area contributed by atoms with Crippen molar-refractivity contribution >= 4 is 17.2 Å². The fraction of sp³-hybridized carbons (Fsp3) is 0.789. The lowest BCUT2D eigenvalue weighted by molar-refractivity contribution is -0.134. The molecule has 24 heavy (non-hydrogen) atoms. The van der Waals surface area contributed by atoms with Crippen molar-refractivity contribution in [2.75, 3.05) is 13.1 Å². The van der Waals surface area contributed by atoms with Gasteiger partial charge in [-0.15, -0.1) is 11.3 Å². The summed E-state index contributed by atoms with van der Waals surface area (Å²) in [5, 5.41) is 7.10. The third-order valence-corrected chi connectivity index (χ3v) is 6.55. The van der Waals surface area contributed by atoms with E-state index in [9.17, 15) is 4.79 Å². The van der Waals surface area contributed by atoms with E-state index in [-0.39, 0.29) is 5.41 Å². The highest BCUT2D eigenvalue weighted by Crippen LogP contribution is 2.33. The Bertz CT molecular complexity index is 573. The summed E-state index contributed by atoms with van der Waals surface area (Å²) in [6.45, 7) is 11.5. The molecule has 1 aliphatic heterocycles. The van der Waals surface area contributed by atoms with Gasteiger partial charge in [-0.2, -0.15) is 0 Å². The summed E-state index contributed by atoms with van der Waals surface area (Å²) in [4.78, 5) is 19.2. The van der Waals surface area contributed by atoms with E-state index >= 15 is 0 Å². The first-order chi connectivity index (χ1) is 11.4. The Morgan fingerprint density at radius 1 is 1.38 bits per heavy atom. The Kier molecular flexibility index (Phi) is 5.30. The van der Waals surface area contributed by atoms with Gasteiger partial charge in [0.15, 0.2) is 0 Å². The first-order valence-electron chi connectivity index (χ1n) is 9.35. The van der Waals surface area contributed by atoms with Crippen LogP contribution in [0.3, 0.4) is 0 Å². The van der Waals surface area contributed by atoms with Crippen LogP contribution in [0.2, 0.25) is 0 Å². The van der Waals surface area contributed by atoms with E-state index in [2.05, 4.69) is 43.3 Å². The maximum atomic E-state index is 12.3. The zero-order valence-electron chi connectivity index (χ0n) is 15.5. The predicted octanol–water partition coefficient (Wildman–Crippen LogP) is 3.57. The fourth-order valence-electron chi connectivity index (χ4n) is 3.47. The smallest absolute Gasteiger partial charge is 0.225 e. The predicted molar refractivity (Wildman–Crippen MR) is 99.1 cm³/mol. The van der Waals surface area contributed by atoms with E-state index in [1.807, 2.05) is 0 Å². The molecule has 1 N–H and O–H groups in total. The van der Waals surface area contributed by atoms with Crippen molar-refractivity contribution in [1.82, 2.24) is 15.2 Å². The Morgan fingerprint density at radius 2 is 2.12 bits per heavy atom. The van der Waals surface area contributed by atoms with Crippen LogP contribution in [0.4, 0.5) is 0 Å². The largest absolute Gasteiger partial charge is 0.342 e. The summed E-state index contributed by atoms with van der Waals surface area (Å²) in [5.74, 6) is 1.31. The van der Waals surface area contributed by atoms with Crippen LogP contribution in [0, 0.1) is 11.8 Å². The van der Waals surface area contributed by atoms with Gasteiger partial charge < -0.3 is 10.2 Å². The van der Waals surface area contributed by atoms with Crippen molar-refractivity contribution in [2.45, 2.75) is 71.4 Å². The van der Waals surface area contributed by atoms with Crippen LogP contribution in [0.15, 0.2) is 5.38 Å². The van der Waals surface area contributed by atoms with Gasteiger partial charge >= 0.3 is 0 Å². The summed E-state index contributed by atoms with van der Waals surface area (Å²) >= 11 is 1.76. The number of hydrogen-bond acceptors (Lipinski definition) is 4. The van der Waals surface area contributed by atoms with Crippen molar-refractivity contribution in [3.63, 3.8) is 0 Å². The second-order valence-corrected chi connectivity index (χ2v) is 9.26. The van der Waals surface area contributed by atoms with Crippen molar-refractivity contribution in [3.8, 4) is 0 Å². The zero-order valence-corrected chi connectivity index (χ0v) is 16.3. The average Bonchev–Trinajstić information content (AvgIpc) is 3.28. The minimum atomic E-state index is 0.128. The molecule has 2 fully saturated rings. The highest BCUT2D eigenvalue weighted by Gasteiger charge is 2.37. The number of piperidine rings is 1. The first-order valence-corrected chi connectivity index (χ1v) is 10.2. The summed E-state index contributed by atoms with van der Waals surface area (Å²) in [7, 11) is 0. The lowest BCUT2D eigenvalue weighted by Gasteiger charge is -2.39. The summed E-state index contributed by atoms with van der Waals surface area (Å²) in [6.07, 6.45) is 4.39. The molecule has 2 atom stereocenters. The number of nitrogens with one attached hydrogen (secondary N) is 1. The molecule has 1 saturated carbocycles. The Labute approximate surface area is 150 Å². The Balaban J connectivity index is 1.53. The van der Waals surface area contributed by atoms with E-state index in [0.29, 0.717) is 23.8 Å². The molecular formula is C19H31N3OS. The topological polar surface area (TPSA) is 45.2 Å². The number of hydrogen-bond donors (Lipinski definition) is 1. The van der Waals surface area contributed by atoms with Gasteiger partial charge in [0, 0.05) is 42.4 Å². The Morgan fingerprint density at radius 3 is 2.71 bits per heavy atom. The lowest BCUT2D eigenvalue weighted by Crippen LogP contribution is -2.51. The minimum absolute atomic E-state index is 0.128. The van der Waals surface area contributed by atoms with Crippen molar-refractivity contribution in [1.29, 1.82) is 0 Å². The van der Waals surface area contributed by atoms with Crippen molar-refractivity contribution < 1.29 is 4.79 Å². The van der Waals surface area contributed by atoms with Gasteiger partial charge in [-0.1, -0.05) is 34.1 Å². The van der Waals surface area contributed by atoms with E-state index < -0.39 is 0 Å². The summed E-state index contributed by atoms with van der Waals surface area (Å²) < 4.78 is 0. The van der Waals surface area contributed by atoms with Gasteiger partial charge in [0.1, 0.15) is 0 Å². The maximum absolute atomic E-state index is 12.3. The van der Waals surface area contributed by atoms with Gasteiger partial charge in [0.25, 0.3) is 0 Å². The molecule has 4 nitrogen and oxygen atoms in total. The molecule has 2 aliphatic rings. The molecule has 1 aromatic rings. The summed E-state index contributed by atoms with van der Waals surface area (Å²) in [6, 6.07) is 0.498. The zero-order chi connectivity index (χ0) is 17.3. The molecule has 134 valence electrons. The second-order valence-electron chi connectivity index (χ2n) is 8.40. The van der Waals surface area contributed by atoms with E-state index in [0.717, 1.165) is 51.0 Å². The molecule has 2 heterocycles. The molecule has 1 saturated heterocycles. The molecule has 1 aromatic heterocycles. The Hall–Kier alpha value is -0.940.